The minimum Gasteiger partial charge on any atom is -0.388 e. The number of aryl methyl sites for hydroxylation is 2. The molecule has 3 N–H and O–H groups in total. The summed E-state index contributed by atoms with van der Waals surface area (Å²) < 4.78 is 0. The molecule has 0 atom stereocenters. The van der Waals surface area contributed by atoms with Gasteiger partial charge in [0.2, 0.25) is 0 Å². The lowest BCUT2D eigenvalue weighted by atomic mass is 10.1. The molecule has 1 aromatic carbocycles. The Bertz CT molecular complexity index is 401. The van der Waals surface area contributed by atoms with Crippen LogP contribution >= 0.6 is 11.8 Å². The van der Waals surface area contributed by atoms with Crippen LogP contribution in [0, 0.1) is 5.41 Å². The second-order valence-electron chi connectivity index (χ2n) is 4.61. The summed E-state index contributed by atoms with van der Waals surface area (Å²) in [6.07, 6.45) is 6.76. The fraction of sp³-hybridized carbons (Fsp3) is 0.500. The maximum absolute atomic E-state index is 7.15. The third-order valence-corrected chi connectivity index (χ3v) is 4.26. The van der Waals surface area contributed by atoms with Gasteiger partial charge in [0, 0.05) is 11.3 Å². The van der Waals surface area contributed by atoms with E-state index in [2.05, 4.69) is 18.2 Å². The molecule has 0 saturated heterocycles. The van der Waals surface area contributed by atoms with E-state index in [1.165, 1.54) is 24.2 Å². The minimum atomic E-state index is 0.313. The van der Waals surface area contributed by atoms with Crippen LogP contribution in [-0.2, 0) is 12.8 Å². The first-order chi connectivity index (χ1) is 8.25. The van der Waals surface area contributed by atoms with Crippen LogP contribution in [0.15, 0.2) is 23.1 Å². The normalized spacial score (nSPS) is 13.6. The topological polar surface area (TPSA) is 49.9 Å². The van der Waals surface area contributed by atoms with E-state index in [9.17, 15) is 0 Å². The molecule has 0 saturated carbocycles. The molecule has 0 unspecified atom stereocenters. The summed E-state index contributed by atoms with van der Waals surface area (Å²) >= 11 is 1.93. The molecule has 1 aliphatic rings. The van der Waals surface area contributed by atoms with Gasteiger partial charge in [-0.3, -0.25) is 5.41 Å². The predicted molar refractivity (Wildman–Crippen MR) is 75.0 cm³/mol. The largest absolute Gasteiger partial charge is 0.388 e. The van der Waals surface area contributed by atoms with Crippen LogP contribution in [0.25, 0.3) is 0 Å². The Morgan fingerprint density at radius 3 is 2.88 bits per heavy atom. The maximum Gasteiger partial charge on any atom is 0.0905 e. The van der Waals surface area contributed by atoms with Gasteiger partial charge in [0.25, 0.3) is 0 Å². The van der Waals surface area contributed by atoms with Crippen LogP contribution in [0.3, 0.4) is 0 Å². The molecule has 0 radical (unpaired) electrons. The second kappa shape index (κ2) is 6.10. The highest BCUT2D eigenvalue weighted by molar-refractivity contribution is 7.99. The van der Waals surface area contributed by atoms with Crippen LogP contribution in [0.4, 0.5) is 0 Å². The van der Waals surface area contributed by atoms with E-state index in [0.717, 1.165) is 25.0 Å². The lowest BCUT2D eigenvalue weighted by Crippen LogP contribution is -2.08. The van der Waals surface area contributed by atoms with Crippen molar-refractivity contribution in [1.82, 2.24) is 0 Å². The quantitative estimate of drug-likeness (QED) is 0.351. The van der Waals surface area contributed by atoms with E-state index in [1.54, 1.807) is 11.1 Å². The molecule has 2 rings (SSSR count). The van der Waals surface area contributed by atoms with Gasteiger partial charge in [-0.05, 0) is 61.1 Å². The molecule has 0 aliphatic heterocycles. The Kier molecular flexibility index (Phi) is 4.49. The molecule has 1 aliphatic carbocycles. The van der Waals surface area contributed by atoms with Crippen molar-refractivity contribution >= 4 is 17.6 Å². The zero-order valence-corrected chi connectivity index (χ0v) is 11.0. The number of benzene rings is 1. The fourth-order valence-electron chi connectivity index (χ4n) is 2.25. The molecule has 0 amide bonds. The van der Waals surface area contributed by atoms with Gasteiger partial charge in [0.05, 0.1) is 5.84 Å². The van der Waals surface area contributed by atoms with Crippen LogP contribution in [0.1, 0.15) is 36.8 Å². The van der Waals surface area contributed by atoms with Crippen molar-refractivity contribution in [2.24, 2.45) is 5.73 Å². The van der Waals surface area contributed by atoms with Crippen LogP contribution < -0.4 is 5.73 Å². The predicted octanol–water partition coefficient (Wildman–Crippen LogP) is 3.37. The van der Waals surface area contributed by atoms with Gasteiger partial charge in [-0.25, -0.2) is 0 Å². The van der Waals surface area contributed by atoms with Crippen molar-refractivity contribution in [3.63, 3.8) is 0 Å². The SMILES string of the molecule is N=C(N)CCCCSc1ccc2c(c1)CCC2. The third kappa shape index (κ3) is 3.77. The number of hydrogen-bond donors (Lipinski definition) is 2. The molecule has 3 heteroatoms. The lowest BCUT2D eigenvalue weighted by Gasteiger charge is -2.04. The van der Waals surface area contributed by atoms with Crippen molar-refractivity contribution in [2.75, 3.05) is 5.75 Å². The van der Waals surface area contributed by atoms with E-state index >= 15 is 0 Å². The number of rotatable bonds is 6. The molecule has 0 spiro atoms. The average molecular weight is 248 g/mol. The van der Waals surface area contributed by atoms with Crippen molar-refractivity contribution in [3.05, 3.63) is 29.3 Å². The minimum absolute atomic E-state index is 0.313. The Hall–Kier alpha value is -0.960. The van der Waals surface area contributed by atoms with Crippen molar-refractivity contribution in [3.8, 4) is 0 Å². The Morgan fingerprint density at radius 1 is 1.24 bits per heavy atom. The first kappa shape index (κ1) is 12.5. The number of hydrogen-bond acceptors (Lipinski definition) is 2. The molecule has 92 valence electrons. The molecule has 1 aromatic rings. The third-order valence-electron chi connectivity index (χ3n) is 3.18. The van der Waals surface area contributed by atoms with Gasteiger partial charge in [-0.15, -0.1) is 11.8 Å². The number of nitrogens with two attached hydrogens (primary N) is 1. The molecule has 2 nitrogen and oxygen atoms in total. The molecule has 0 aromatic heterocycles. The summed E-state index contributed by atoms with van der Waals surface area (Å²) in [5.41, 5.74) is 8.43. The Labute approximate surface area is 107 Å². The molecular weight excluding hydrogens is 228 g/mol. The second-order valence-corrected chi connectivity index (χ2v) is 5.78. The van der Waals surface area contributed by atoms with Crippen LogP contribution in [-0.4, -0.2) is 11.6 Å². The number of fused-ring (bicyclic) bond motifs is 1. The van der Waals surface area contributed by atoms with Crippen LogP contribution in [0.2, 0.25) is 0 Å². The van der Waals surface area contributed by atoms with Gasteiger partial charge in [0.1, 0.15) is 0 Å². The number of thioether (sulfide) groups is 1. The highest BCUT2D eigenvalue weighted by Crippen LogP contribution is 2.28. The molecule has 17 heavy (non-hydrogen) atoms. The highest BCUT2D eigenvalue weighted by atomic mass is 32.2. The van der Waals surface area contributed by atoms with E-state index in [-0.39, 0.29) is 0 Å². The van der Waals surface area contributed by atoms with E-state index < -0.39 is 0 Å². The van der Waals surface area contributed by atoms with Gasteiger partial charge >= 0.3 is 0 Å². The molecule has 0 fully saturated rings. The summed E-state index contributed by atoms with van der Waals surface area (Å²) in [7, 11) is 0. The van der Waals surface area contributed by atoms with E-state index in [4.69, 9.17) is 11.1 Å². The van der Waals surface area contributed by atoms with Crippen molar-refractivity contribution < 1.29 is 0 Å². The Morgan fingerprint density at radius 2 is 2.06 bits per heavy atom. The number of unbranched alkanes of at least 4 members (excludes halogenated alkanes) is 1. The maximum atomic E-state index is 7.15. The summed E-state index contributed by atoms with van der Waals surface area (Å²) in [6.45, 7) is 0. The summed E-state index contributed by atoms with van der Waals surface area (Å²) in [6, 6.07) is 6.90. The van der Waals surface area contributed by atoms with Gasteiger partial charge in [-0.2, -0.15) is 0 Å². The molecular formula is C14H20N2S. The standard InChI is InChI=1S/C14H20N2S/c15-14(16)6-1-2-9-17-13-8-7-11-4-3-5-12(11)10-13/h7-8,10H,1-6,9H2,(H3,15,16). The molecule has 0 bridgehead atoms. The highest BCUT2D eigenvalue weighted by Gasteiger charge is 2.10. The van der Waals surface area contributed by atoms with E-state index in [1.807, 2.05) is 11.8 Å². The van der Waals surface area contributed by atoms with Crippen molar-refractivity contribution in [1.29, 1.82) is 5.41 Å². The van der Waals surface area contributed by atoms with Crippen LogP contribution in [0.5, 0.6) is 0 Å². The van der Waals surface area contributed by atoms with Gasteiger partial charge in [0.15, 0.2) is 0 Å². The van der Waals surface area contributed by atoms with Gasteiger partial charge in [-0.1, -0.05) is 6.07 Å². The number of amidine groups is 1. The average Bonchev–Trinajstić information content (AvgIpc) is 2.75. The van der Waals surface area contributed by atoms with Gasteiger partial charge < -0.3 is 5.73 Å². The first-order valence-electron chi connectivity index (χ1n) is 6.33. The van der Waals surface area contributed by atoms with E-state index in [0.29, 0.717) is 5.84 Å². The zero-order chi connectivity index (χ0) is 12.1. The lowest BCUT2D eigenvalue weighted by molar-refractivity contribution is 0.837. The summed E-state index contributed by atoms with van der Waals surface area (Å²) in [5, 5.41) is 7.15. The number of nitrogens with one attached hydrogen (secondary N) is 1. The summed E-state index contributed by atoms with van der Waals surface area (Å²) in [4.78, 5) is 1.40. The summed E-state index contributed by atoms with van der Waals surface area (Å²) in [5.74, 6) is 1.44. The zero-order valence-electron chi connectivity index (χ0n) is 10.2. The smallest absolute Gasteiger partial charge is 0.0905 e. The fourth-order valence-corrected chi connectivity index (χ4v) is 3.22. The Balaban J connectivity index is 1.74. The molecule has 0 heterocycles. The van der Waals surface area contributed by atoms with Crippen molar-refractivity contribution in [2.45, 2.75) is 43.4 Å². The monoisotopic (exact) mass is 248 g/mol. The first-order valence-corrected chi connectivity index (χ1v) is 7.32.